The summed E-state index contributed by atoms with van der Waals surface area (Å²) in [4.78, 5) is 14.4. The van der Waals surface area contributed by atoms with Crippen LogP contribution in [0.5, 0.6) is 5.75 Å². The predicted octanol–water partition coefficient (Wildman–Crippen LogP) is 2.45. The number of hydrogen-bond acceptors (Lipinski definition) is 4. The SMILES string of the molecule is COc1cccc(CCNS(=O)(=O)c2cccc(C(=O)N3CCCC3)c2)c1. The molecule has 1 aliphatic heterocycles. The summed E-state index contributed by atoms with van der Waals surface area (Å²) in [5.74, 6) is 0.629. The van der Waals surface area contributed by atoms with Gasteiger partial charge >= 0.3 is 0 Å². The summed E-state index contributed by atoms with van der Waals surface area (Å²) in [7, 11) is -2.08. The van der Waals surface area contributed by atoms with Crippen molar-refractivity contribution in [3.8, 4) is 5.75 Å². The molecule has 144 valence electrons. The van der Waals surface area contributed by atoms with Gasteiger partial charge in [0.15, 0.2) is 0 Å². The molecular weight excluding hydrogens is 364 g/mol. The Hall–Kier alpha value is -2.38. The lowest BCUT2D eigenvalue weighted by Crippen LogP contribution is -2.29. The Morgan fingerprint density at radius 1 is 1.11 bits per heavy atom. The van der Waals surface area contributed by atoms with E-state index in [0.717, 1.165) is 37.2 Å². The summed E-state index contributed by atoms with van der Waals surface area (Å²) in [6.07, 6.45) is 2.54. The first-order chi connectivity index (χ1) is 13.0. The van der Waals surface area contributed by atoms with E-state index in [1.54, 1.807) is 24.1 Å². The third-order valence-electron chi connectivity index (χ3n) is 4.62. The lowest BCUT2D eigenvalue weighted by Gasteiger charge is -2.15. The van der Waals surface area contributed by atoms with E-state index in [9.17, 15) is 13.2 Å². The Labute approximate surface area is 160 Å². The molecule has 0 spiro atoms. The Balaban J connectivity index is 1.65. The fourth-order valence-electron chi connectivity index (χ4n) is 3.14. The van der Waals surface area contributed by atoms with E-state index in [1.165, 1.54) is 12.1 Å². The van der Waals surface area contributed by atoms with E-state index in [2.05, 4.69) is 4.72 Å². The molecule has 2 aromatic rings. The van der Waals surface area contributed by atoms with E-state index < -0.39 is 10.0 Å². The first-order valence-corrected chi connectivity index (χ1v) is 10.5. The highest BCUT2D eigenvalue weighted by Gasteiger charge is 2.21. The lowest BCUT2D eigenvalue weighted by molar-refractivity contribution is 0.0792. The second-order valence-electron chi connectivity index (χ2n) is 6.53. The second kappa shape index (κ2) is 8.54. The number of carbonyl (C=O) groups excluding carboxylic acids is 1. The van der Waals surface area contributed by atoms with Gasteiger partial charge in [-0.25, -0.2) is 13.1 Å². The number of hydrogen-bond donors (Lipinski definition) is 1. The van der Waals surface area contributed by atoms with Crippen LogP contribution in [0.25, 0.3) is 0 Å². The van der Waals surface area contributed by atoms with Gasteiger partial charge in [0.2, 0.25) is 10.0 Å². The summed E-state index contributed by atoms with van der Waals surface area (Å²) in [6, 6.07) is 13.8. The van der Waals surface area contributed by atoms with Crippen LogP contribution >= 0.6 is 0 Å². The fraction of sp³-hybridized carbons (Fsp3) is 0.350. The van der Waals surface area contributed by atoms with Gasteiger partial charge in [-0.1, -0.05) is 18.2 Å². The van der Waals surface area contributed by atoms with Crippen molar-refractivity contribution in [2.24, 2.45) is 0 Å². The van der Waals surface area contributed by atoms with Crippen LogP contribution in [0.3, 0.4) is 0 Å². The Bertz CT molecular complexity index is 906. The topological polar surface area (TPSA) is 75.7 Å². The van der Waals surface area contributed by atoms with Crippen LogP contribution in [0.2, 0.25) is 0 Å². The average Bonchev–Trinajstić information content (AvgIpc) is 3.22. The van der Waals surface area contributed by atoms with Crippen LogP contribution in [0, 0.1) is 0 Å². The molecule has 0 saturated carbocycles. The molecule has 1 amide bonds. The molecule has 6 nitrogen and oxygen atoms in total. The Morgan fingerprint density at radius 2 is 1.85 bits per heavy atom. The van der Waals surface area contributed by atoms with Gasteiger partial charge in [-0.05, 0) is 55.2 Å². The molecule has 0 radical (unpaired) electrons. The van der Waals surface area contributed by atoms with Crippen LogP contribution in [-0.4, -0.2) is 46.0 Å². The molecule has 0 unspecified atom stereocenters. The monoisotopic (exact) mass is 388 g/mol. The number of nitrogens with zero attached hydrogens (tertiary/aromatic N) is 1. The van der Waals surface area contributed by atoms with Crippen LogP contribution in [0.15, 0.2) is 53.4 Å². The number of ether oxygens (including phenoxy) is 1. The molecule has 0 bridgehead atoms. The Morgan fingerprint density at radius 3 is 2.59 bits per heavy atom. The molecular formula is C20H24N2O4S. The molecule has 0 atom stereocenters. The Kier molecular flexibility index (Phi) is 6.13. The molecule has 1 fully saturated rings. The summed E-state index contributed by atoms with van der Waals surface area (Å²) in [6.45, 7) is 1.73. The molecule has 3 rings (SSSR count). The number of amides is 1. The van der Waals surface area contributed by atoms with Crippen molar-refractivity contribution in [3.63, 3.8) is 0 Å². The molecule has 1 N–H and O–H groups in total. The van der Waals surface area contributed by atoms with Crippen molar-refractivity contribution in [1.29, 1.82) is 0 Å². The van der Waals surface area contributed by atoms with Crippen molar-refractivity contribution in [3.05, 3.63) is 59.7 Å². The highest BCUT2D eigenvalue weighted by atomic mass is 32.2. The zero-order valence-electron chi connectivity index (χ0n) is 15.3. The maximum Gasteiger partial charge on any atom is 0.253 e. The largest absolute Gasteiger partial charge is 0.497 e. The highest BCUT2D eigenvalue weighted by molar-refractivity contribution is 7.89. The predicted molar refractivity (Wildman–Crippen MR) is 103 cm³/mol. The standard InChI is InChI=1S/C20H24N2O4S/c1-26-18-8-4-6-16(14-18)10-11-21-27(24,25)19-9-5-7-17(15-19)20(23)22-12-2-3-13-22/h4-9,14-15,21H,2-3,10-13H2,1H3. The molecule has 1 aliphatic rings. The van der Waals surface area contributed by atoms with Gasteiger partial charge in [-0.15, -0.1) is 0 Å². The minimum Gasteiger partial charge on any atom is -0.497 e. The molecule has 0 aromatic heterocycles. The molecule has 0 aliphatic carbocycles. The van der Waals surface area contributed by atoms with Crippen LogP contribution in [0.4, 0.5) is 0 Å². The van der Waals surface area contributed by atoms with Crippen molar-refractivity contribution in [2.75, 3.05) is 26.7 Å². The molecule has 27 heavy (non-hydrogen) atoms. The molecule has 1 saturated heterocycles. The van der Waals surface area contributed by atoms with Gasteiger partial charge in [-0.2, -0.15) is 0 Å². The van der Waals surface area contributed by atoms with Crippen LogP contribution < -0.4 is 9.46 Å². The summed E-state index contributed by atoms with van der Waals surface area (Å²) < 4.78 is 32.9. The van der Waals surface area contributed by atoms with Gasteiger partial charge in [0, 0.05) is 25.2 Å². The number of likely N-dealkylation sites (tertiary alicyclic amines) is 1. The van der Waals surface area contributed by atoms with Gasteiger partial charge in [-0.3, -0.25) is 4.79 Å². The first-order valence-electron chi connectivity index (χ1n) is 9.01. The number of nitrogens with one attached hydrogen (secondary N) is 1. The van der Waals surface area contributed by atoms with Crippen LogP contribution in [-0.2, 0) is 16.4 Å². The van der Waals surface area contributed by atoms with Gasteiger partial charge in [0.1, 0.15) is 5.75 Å². The minimum atomic E-state index is -3.68. The second-order valence-corrected chi connectivity index (χ2v) is 8.29. The van der Waals surface area contributed by atoms with Crippen molar-refractivity contribution in [2.45, 2.75) is 24.2 Å². The third-order valence-corrected chi connectivity index (χ3v) is 6.08. The van der Waals surface area contributed by atoms with Crippen molar-refractivity contribution in [1.82, 2.24) is 9.62 Å². The third kappa shape index (κ3) is 4.87. The lowest BCUT2D eigenvalue weighted by atomic mass is 10.1. The maximum atomic E-state index is 12.6. The summed E-state index contributed by atoms with van der Waals surface area (Å²) >= 11 is 0. The average molecular weight is 388 g/mol. The quantitative estimate of drug-likeness (QED) is 0.791. The normalized spacial score (nSPS) is 14.3. The maximum absolute atomic E-state index is 12.6. The van der Waals surface area contributed by atoms with E-state index in [0.29, 0.717) is 12.0 Å². The van der Waals surface area contributed by atoms with E-state index in [-0.39, 0.29) is 17.3 Å². The summed E-state index contributed by atoms with van der Waals surface area (Å²) in [5, 5.41) is 0. The fourth-order valence-corrected chi connectivity index (χ4v) is 4.22. The zero-order valence-corrected chi connectivity index (χ0v) is 16.2. The van der Waals surface area contributed by atoms with Crippen LogP contribution in [0.1, 0.15) is 28.8 Å². The number of sulfonamides is 1. The first kappa shape index (κ1) is 19.4. The number of carbonyl (C=O) groups is 1. The number of rotatable bonds is 7. The van der Waals surface area contributed by atoms with Gasteiger partial charge in [0.05, 0.1) is 12.0 Å². The van der Waals surface area contributed by atoms with E-state index in [1.807, 2.05) is 24.3 Å². The summed E-state index contributed by atoms with van der Waals surface area (Å²) in [5.41, 5.74) is 1.39. The number of methoxy groups -OCH3 is 1. The van der Waals surface area contributed by atoms with Crippen molar-refractivity contribution >= 4 is 15.9 Å². The van der Waals surface area contributed by atoms with Gasteiger partial charge in [0.25, 0.3) is 5.91 Å². The van der Waals surface area contributed by atoms with Crippen molar-refractivity contribution < 1.29 is 17.9 Å². The van der Waals surface area contributed by atoms with Gasteiger partial charge < -0.3 is 9.64 Å². The minimum absolute atomic E-state index is 0.109. The smallest absolute Gasteiger partial charge is 0.253 e. The number of benzene rings is 2. The molecule has 1 heterocycles. The van der Waals surface area contributed by atoms with E-state index >= 15 is 0 Å². The molecule has 2 aromatic carbocycles. The highest BCUT2D eigenvalue weighted by Crippen LogP contribution is 2.17. The van der Waals surface area contributed by atoms with E-state index in [4.69, 9.17) is 4.74 Å². The zero-order chi connectivity index (χ0) is 19.3. The molecule has 7 heteroatoms.